The van der Waals surface area contributed by atoms with Gasteiger partial charge in [-0.2, -0.15) is 0 Å². The van der Waals surface area contributed by atoms with E-state index in [4.69, 9.17) is 20.9 Å². The fraction of sp³-hybridized carbons (Fsp3) is 0.389. The van der Waals surface area contributed by atoms with E-state index >= 15 is 0 Å². The van der Waals surface area contributed by atoms with Gasteiger partial charge >= 0.3 is 7.12 Å². The van der Waals surface area contributed by atoms with Crippen LogP contribution in [0, 0.1) is 12.7 Å². The zero-order chi connectivity index (χ0) is 17.7. The average molecular weight is 348 g/mol. The van der Waals surface area contributed by atoms with Crippen LogP contribution in [-0.2, 0) is 9.31 Å². The molecular formula is C18H20BClFNO2. The summed E-state index contributed by atoms with van der Waals surface area (Å²) in [4.78, 5) is 4.26. The second kappa shape index (κ2) is 5.83. The minimum absolute atomic E-state index is 0.0907. The van der Waals surface area contributed by atoms with E-state index in [2.05, 4.69) is 4.98 Å². The number of pyridine rings is 1. The molecule has 0 aliphatic carbocycles. The van der Waals surface area contributed by atoms with Crippen molar-refractivity contribution in [2.75, 3.05) is 0 Å². The van der Waals surface area contributed by atoms with Crippen LogP contribution < -0.4 is 5.46 Å². The summed E-state index contributed by atoms with van der Waals surface area (Å²) < 4.78 is 26.6. The van der Waals surface area contributed by atoms with Gasteiger partial charge in [-0.3, -0.25) is 4.98 Å². The Kier molecular flexibility index (Phi) is 4.23. The van der Waals surface area contributed by atoms with Gasteiger partial charge in [0, 0.05) is 29.0 Å². The molecule has 0 amide bonds. The normalized spacial score (nSPS) is 18.9. The third kappa shape index (κ3) is 2.75. The van der Waals surface area contributed by atoms with Gasteiger partial charge in [-0.25, -0.2) is 4.39 Å². The highest BCUT2D eigenvalue weighted by Crippen LogP contribution is 2.37. The molecule has 0 radical (unpaired) electrons. The second-order valence-electron chi connectivity index (χ2n) is 7.09. The maximum Gasteiger partial charge on any atom is 0.496 e. The van der Waals surface area contributed by atoms with Crippen LogP contribution in [0.15, 0.2) is 30.6 Å². The van der Waals surface area contributed by atoms with Crippen LogP contribution in [0.3, 0.4) is 0 Å². The van der Waals surface area contributed by atoms with Crippen molar-refractivity contribution in [1.29, 1.82) is 0 Å². The molecule has 2 heterocycles. The highest BCUT2D eigenvalue weighted by molar-refractivity contribution is 6.62. The van der Waals surface area contributed by atoms with Crippen molar-refractivity contribution < 1.29 is 13.7 Å². The van der Waals surface area contributed by atoms with Gasteiger partial charge in [0.25, 0.3) is 0 Å². The number of aromatic nitrogens is 1. The fourth-order valence-corrected chi connectivity index (χ4v) is 2.91. The Morgan fingerprint density at radius 3 is 2.29 bits per heavy atom. The fourth-order valence-electron chi connectivity index (χ4n) is 2.73. The molecule has 1 saturated heterocycles. The van der Waals surface area contributed by atoms with Gasteiger partial charge in [-0.15, -0.1) is 0 Å². The maximum absolute atomic E-state index is 14.4. The molecule has 0 unspecified atom stereocenters. The van der Waals surface area contributed by atoms with Gasteiger partial charge in [0.1, 0.15) is 5.82 Å². The first kappa shape index (κ1) is 17.4. The zero-order valence-electron chi connectivity index (χ0n) is 14.5. The molecule has 1 fully saturated rings. The van der Waals surface area contributed by atoms with E-state index in [1.807, 2.05) is 34.6 Å². The van der Waals surface area contributed by atoms with Crippen molar-refractivity contribution in [2.24, 2.45) is 0 Å². The summed E-state index contributed by atoms with van der Waals surface area (Å²) in [5.74, 6) is -0.449. The van der Waals surface area contributed by atoms with Crippen molar-refractivity contribution in [3.05, 3.63) is 47.0 Å². The monoisotopic (exact) mass is 347 g/mol. The molecule has 1 aliphatic rings. The van der Waals surface area contributed by atoms with Crippen LogP contribution >= 0.6 is 11.6 Å². The van der Waals surface area contributed by atoms with Crippen molar-refractivity contribution in [2.45, 2.75) is 45.8 Å². The summed E-state index contributed by atoms with van der Waals surface area (Å²) in [5.41, 5.74) is 1.88. The van der Waals surface area contributed by atoms with E-state index in [1.54, 1.807) is 24.5 Å². The zero-order valence-corrected chi connectivity index (χ0v) is 15.2. The first-order valence-corrected chi connectivity index (χ1v) is 8.26. The largest absolute Gasteiger partial charge is 0.496 e. The molecule has 0 saturated carbocycles. The molecule has 1 aliphatic heterocycles. The Balaban J connectivity index is 2.06. The molecule has 1 aromatic heterocycles. The number of halogens is 2. The number of nitrogens with zero attached hydrogens (tertiary/aromatic N) is 1. The lowest BCUT2D eigenvalue weighted by atomic mass is 9.76. The summed E-state index contributed by atoms with van der Waals surface area (Å²) in [6.45, 7) is 9.90. The Morgan fingerprint density at radius 2 is 1.67 bits per heavy atom. The third-order valence-electron chi connectivity index (χ3n) is 5.00. The lowest BCUT2D eigenvalue weighted by molar-refractivity contribution is 0.00578. The van der Waals surface area contributed by atoms with Crippen LogP contribution in [0.4, 0.5) is 4.39 Å². The molecule has 0 atom stereocenters. The van der Waals surface area contributed by atoms with Crippen LogP contribution in [0.1, 0.15) is 33.3 Å². The quantitative estimate of drug-likeness (QED) is 0.765. The predicted molar refractivity (Wildman–Crippen MR) is 95.1 cm³/mol. The van der Waals surface area contributed by atoms with Gasteiger partial charge in [0.05, 0.1) is 16.2 Å². The molecule has 3 nitrogen and oxygen atoms in total. The minimum Gasteiger partial charge on any atom is -0.399 e. The molecule has 0 N–H and O–H groups in total. The number of benzene rings is 1. The minimum atomic E-state index is -0.537. The highest BCUT2D eigenvalue weighted by atomic mass is 35.5. The average Bonchev–Trinajstić information content (AvgIpc) is 2.71. The topological polar surface area (TPSA) is 31.4 Å². The smallest absolute Gasteiger partial charge is 0.399 e. The summed E-state index contributed by atoms with van der Waals surface area (Å²) in [7, 11) is -0.537. The van der Waals surface area contributed by atoms with E-state index in [1.165, 1.54) is 6.07 Å². The highest BCUT2D eigenvalue weighted by Gasteiger charge is 2.52. The number of rotatable bonds is 2. The Morgan fingerprint density at radius 1 is 1.04 bits per heavy atom. The third-order valence-corrected chi connectivity index (χ3v) is 5.30. The molecule has 3 rings (SSSR count). The number of hydrogen-bond acceptors (Lipinski definition) is 3. The van der Waals surface area contributed by atoms with Crippen LogP contribution in [0.2, 0.25) is 5.02 Å². The second-order valence-corrected chi connectivity index (χ2v) is 7.50. The summed E-state index contributed by atoms with van der Waals surface area (Å²) in [5, 5.41) is 0.0907. The molecule has 1 aromatic carbocycles. The van der Waals surface area contributed by atoms with Crippen LogP contribution in [-0.4, -0.2) is 23.3 Å². The van der Waals surface area contributed by atoms with Crippen LogP contribution in [0.5, 0.6) is 0 Å². The van der Waals surface area contributed by atoms with Gasteiger partial charge in [-0.1, -0.05) is 23.7 Å². The van der Waals surface area contributed by atoms with Crippen molar-refractivity contribution in [3.8, 4) is 11.1 Å². The molecule has 2 aromatic rings. The maximum atomic E-state index is 14.4. The van der Waals surface area contributed by atoms with E-state index in [0.29, 0.717) is 11.1 Å². The first-order chi connectivity index (χ1) is 11.1. The van der Waals surface area contributed by atoms with Gasteiger partial charge in [-0.05, 0) is 46.2 Å². The van der Waals surface area contributed by atoms with E-state index < -0.39 is 24.1 Å². The van der Waals surface area contributed by atoms with E-state index in [9.17, 15) is 4.39 Å². The number of hydrogen-bond donors (Lipinski definition) is 0. The lowest BCUT2D eigenvalue weighted by Crippen LogP contribution is -2.41. The van der Waals surface area contributed by atoms with Gasteiger partial charge in [0.15, 0.2) is 0 Å². The molecule has 24 heavy (non-hydrogen) atoms. The van der Waals surface area contributed by atoms with Crippen molar-refractivity contribution >= 4 is 24.2 Å². The van der Waals surface area contributed by atoms with Crippen molar-refractivity contribution in [1.82, 2.24) is 4.98 Å². The Labute approximate surface area is 147 Å². The van der Waals surface area contributed by atoms with Gasteiger partial charge < -0.3 is 9.31 Å². The van der Waals surface area contributed by atoms with Crippen molar-refractivity contribution in [3.63, 3.8) is 0 Å². The predicted octanol–water partition coefficient (Wildman–Crippen LogP) is 4.15. The summed E-state index contributed by atoms with van der Waals surface area (Å²) >= 11 is 5.91. The van der Waals surface area contributed by atoms with Crippen LogP contribution in [0.25, 0.3) is 11.1 Å². The molecule has 0 bridgehead atoms. The molecule has 0 spiro atoms. The van der Waals surface area contributed by atoms with Gasteiger partial charge in [0.2, 0.25) is 0 Å². The Hall–Kier alpha value is -1.43. The molecule has 6 heteroatoms. The van der Waals surface area contributed by atoms with E-state index in [0.717, 1.165) is 11.0 Å². The molecule has 126 valence electrons. The van der Waals surface area contributed by atoms with E-state index in [-0.39, 0.29) is 5.02 Å². The molecular weight excluding hydrogens is 327 g/mol. The SMILES string of the molecule is Cc1c(B2OC(C)(C)C(C)(C)O2)cncc1-c1cccc(Cl)c1F. The Bertz CT molecular complexity index is 779. The lowest BCUT2D eigenvalue weighted by Gasteiger charge is -2.32. The summed E-state index contributed by atoms with van der Waals surface area (Å²) in [6, 6.07) is 4.95. The summed E-state index contributed by atoms with van der Waals surface area (Å²) in [6.07, 6.45) is 3.35. The standard InChI is InChI=1S/C18H20BClFNO2/c1-11-13(12-7-6-8-15(20)16(12)21)9-22-10-14(11)19-23-17(2,3)18(4,5)24-19/h6-10H,1-5H3. The first-order valence-electron chi connectivity index (χ1n) is 7.88.